The van der Waals surface area contributed by atoms with E-state index in [-0.39, 0.29) is 11.1 Å². The van der Waals surface area contributed by atoms with E-state index in [0.29, 0.717) is 6.04 Å². The Morgan fingerprint density at radius 1 is 1.12 bits per heavy atom. The average molecular weight is 234 g/mol. The Hall–Kier alpha value is -1.16. The van der Waals surface area contributed by atoms with E-state index in [1.165, 1.54) is 0 Å². The van der Waals surface area contributed by atoms with Crippen molar-refractivity contribution in [1.29, 1.82) is 0 Å². The molecule has 0 spiro atoms. The minimum absolute atomic E-state index is 0.147. The summed E-state index contributed by atoms with van der Waals surface area (Å²) in [4.78, 5) is 8.45. The van der Waals surface area contributed by atoms with Crippen LogP contribution in [-0.2, 0) is 0 Å². The Morgan fingerprint density at radius 3 is 2.18 bits per heavy atom. The van der Waals surface area contributed by atoms with E-state index in [0.717, 1.165) is 18.8 Å². The molecule has 2 rings (SSSR count). The Balaban J connectivity index is 2.06. The van der Waals surface area contributed by atoms with E-state index in [1.54, 1.807) is 12.4 Å². The van der Waals surface area contributed by atoms with Crippen LogP contribution in [0.1, 0.15) is 40.5 Å². The summed E-state index contributed by atoms with van der Waals surface area (Å²) in [5, 5.41) is 7.10. The maximum atomic E-state index is 4.23. The molecule has 0 unspecified atom stereocenters. The van der Waals surface area contributed by atoms with Gasteiger partial charge in [0.05, 0.1) is 0 Å². The van der Waals surface area contributed by atoms with Crippen molar-refractivity contribution in [2.75, 3.05) is 5.32 Å². The summed E-state index contributed by atoms with van der Waals surface area (Å²) in [6.45, 7) is 8.98. The Morgan fingerprint density at radius 2 is 1.65 bits per heavy atom. The van der Waals surface area contributed by atoms with Crippen LogP contribution in [0.4, 0.5) is 5.95 Å². The fourth-order valence-electron chi connectivity index (χ4n) is 2.98. The molecule has 0 saturated carbocycles. The van der Waals surface area contributed by atoms with Crippen molar-refractivity contribution in [3.8, 4) is 0 Å². The number of anilines is 1. The SMILES string of the molecule is CC1(C)CC(Nc2ncccn2)CC(C)(C)N1. The molecule has 17 heavy (non-hydrogen) atoms. The minimum Gasteiger partial charge on any atom is -0.351 e. The highest BCUT2D eigenvalue weighted by molar-refractivity contribution is 5.25. The van der Waals surface area contributed by atoms with Crippen LogP contribution in [0.25, 0.3) is 0 Å². The van der Waals surface area contributed by atoms with Gasteiger partial charge in [-0.3, -0.25) is 0 Å². The van der Waals surface area contributed by atoms with Crippen LogP contribution in [0.2, 0.25) is 0 Å². The van der Waals surface area contributed by atoms with Crippen LogP contribution in [0, 0.1) is 0 Å². The molecular formula is C13H22N4. The highest BCUT2D eigenvalue weighted by Crippen LogP contribution is 2.29. The van der Waals surface area contributed by atoms with Crippen molar-refractivity contribution >= 4 is 5.95 Å². The first-order chi connectivity index (χ1) is 7.86. The second-order valence-electron chi connectivity index (χ2n) is 6.21. The number of nitrogens with zero attached hydrogens (tertiary/aromatic N) is 2. The third-order valence-corrected chi connectivity index (χ3v) is 3.09. The third-order valence-electron chi connectivity index (χ3n) is 3.09. The molecule has 0 atom stereocenters. The lowest BCUT2D eigenvalue weighted by Crippen LogP contribution is -2.60. The van der Waals surface area contributed by atoms with Crippen molar-refractivity contribution in [2.24, 2.45) is 0 Å². The number of hydrogen-bond donors (Lipinski definition) is 2. The molecule has 1 saturated heterocycles. The zero-order valence-corrected chi connectivity index (χ0v) is 11.1. The molecule has 1 fully saturated rings. The predicted octanol–water partition coefficient (Wildman–Crippen LogP) is 2.20. The van der Waals surface area contributed by atoms with E-state index >= 15 is 0 Å². The van der Waals surface area contributed by atoms with Crippen molar-refractivity contribution in [3.05, 3.63) is 18.5 Å². The summed E-state index contributed by atoms with van der Waals surface area (Å²) in [5.74, 6) is 0.728. The van der Waals surface area contributed by atoms with Crippen molar-refractivity contribution < 1.29 is 0 Å². The number of rotatable bonds is 2. The summed E-state index contributed by atoms with van der Waals surface area (Å²) >= 11 is 0. The van der Waals surface area contributed by atoms with Gasteiger partial charge in [0, 0.05) is 29.5 Å². The number of nitrogens with one attached hydrogen (secondary N) is 2. The van der Waals surface area contributed by atoms with E-state index < -0.39 is 0 Å². The van der Waals surface area contributed by atoms with Gasteiger partial charge < -0.3 is 10.6 Å². The molecule has 1 aliphatic heterocycles. The van der Waals surface area contributed by atoms with Gasteiger partial charge in [0.2, 0.25) is 5.95 Å². The fraction of sp³-hybridized carbons (Fsp3) is 0.692. The Bertz CT molecular complexity index is 356. The molecule has 0 amide bonds. The Labute approximate surface area is 103 Å². The topological polar surface area (TPSA) is 49.8 Å². The highest BCUT2D eigenvalue weighted by atomic mass is 15.1. The molecule has 1 aliphatic rings. The minimum atomic E-state index is 0.147. The second-order valence-corrected chi connectivity index (χ2v) is 6.21. The third kappa shape index (κ3) is 3.40. The first-order valence-corrected chi connectivity index (χ1v) is 6.19. The van der Waals surface area contributed by atoms with Crippen LogP contribution in [-0.4, -0.2) is 27.1 Å². The number of aromatic nitrogens is 2. The highest BCUT2D eigenvalue weighted by Gasteiger charge is 2.37. The maximum absolute atomic E-state index is 4.23. The molecule has 4 nitrogen and oxygen atoms in total. The normalized spacial score (nSPS) is 23.3. The first-order valence-electron chi connectivity index (χ1n) is 6.19. The van der Waals surface area contributed by atoms with Gasteiger partial charge in [0.1, 0.15) is 0 Å². The van der Waals surface area contributed by atoms with E-state index in [2.05, 4.69) is 48.3 Å². The Kier molecular flexibility index (Phi) is 3.08. The lowest BCUT2D eigenvalue weighted by molar-refractivity contribution is 0.170. The predicted molar refractivity (Wildman–Crippen MR) is 70.0 cm³/mol. The molecule has 4 heteroatoms. The lowest BCUT2D eigenvalue weighted by atomic mass is 9.80. The molecule has 94 valence electrons. The summed E-state index contributed by atoms with van der Waals surface area (Å²) in [5.41, 5.74) is 0.294. The van der Waals surface area contributed by atoms with Crippen molar-refractivity contribution in [2.45, 2.75) is 57.7 Å². The molecule has 2 heterocycles. The summed E-state index contributed by atoms with van der Waals surface area (Å²) in [6.07, 6.45) is 5.70. The van der Waals surface area contributed by atoms with Crippen LogP contribution in [0.15, 0.2) is 18.5 Å². The van der Waals surface area contributed by atoms with Gasteiger partial charge in [0.15, 0.2) is 0 Å². The zero-order valence-electron chi connectivity index (χ0n) is 11.1. The number of piperidine rings is 1. The lowest BCUT2D eigenvalue weighted by Gasteiger charge is -2.46. The van der Waals surface area contributed by atoms with Crippen LogP contribution >= 0.6 is 0 Å². The van der Waals surface area contributed by atoms with Crippen LogP contribution in [0.5, 0.6) is 0 Å². The van der Waals surface area contributed by atoms with Gasteiger partial charge in [-0.1, -0.05) is 0 Å². The fourth-order valence-corrected chi connectivity index (χ4v) is 2.98. The summed E-state index contributed by atoms with van der Waals surface area (Å²) in [7, 11) is 0. The van der Waals surface area contributed by atoms with E-state index in [4.69, 9.17) is 0 Å². The van der Waals surface area contributed by atoms with Gasteiger partial charge in [-0.2, -0.15) is 0 Å². The average Bonchev–Trinajstić information content (AvgIpc) is 2.13. The number of hydrogen-bond acceptors (Lipinski definition) is 4. The molecule has 0 bridgehead atoms. The molecule has 0 radical (unpaired) electrons. The smallest absolute Gasteiger partial charge is 0.222 e. The van der Waals surface area contributed by atoms with E-state index in [9.17, 15) is 0 Å². The molecule has 0 aromatic carbocycles. The van der Waals surface area contributed by atoms with Gasteiger partial charge in [0.25, 0.3) is 0 Å². The van der Waals surface area contributed by atoms with Crippen LogP contribution < -0.4 is 10.6 Å². The standard InChI is InChI=1S/C13H22N4/c1-12(2)8-10(9-13(3,4)17-12)16-11-14-6-5-7-15-11/h5-7,10,17H,8-9H2,1-4H3,(H,14,15,16). The van der Waals surface area contributed by atoms with Crippen molar-refractivity contribution in [1.82, 2.24) is 15.3 Å². The van der Waals surface area contributed by atoms with Gasteiger partial charge in [-0.15, -0.1) is 0 Å². The second kappa shape index (κ2) is 4.26. The largest absolute Gasteiger partial charge is 0.351 e. The molecule has 2 N–H and O–H groups in total. The van der Waals surface area contributed by atoms with Gasteiger partial charge in [-0.05, 0) is 46.6 Å². The monoisotopic (exact) mass is 234 g/mol. The van der Waals surface area contributed by atoms with E-state index in [1.807, 2.05) is 6.07 Å². The van der Waals surface area contributed by atoms with Crippen LogP contribution in [0.3, 0.4) is 0 Å². The quantitative estimate of drug-likeness (QED) is 0.823. The first kappa shape index (κ1) is 12.3. The van der Waals surface area contributed by atoms with Crippen molar-refractivity contribution in [3.63, 3.8) is 0 Å². The zero-order chi connectivity index (χ0) is 12.5. The van der Waals surface area contributed by atoms with Gasteiger partial charge in [-0.25, -0.2) is 9.97 Å². The maximum Gasteiger partial charge on any atom is 0.222 e. The molecule has 0 aliphatic carbocycles. The molecule has 1 aromatic rings. The molecular weight excluding hydrogens is 212 g/mol. The summed E-state index contributed by atoms with van der Waals surface area (Å²) in [6, 6.07) is 2.25. The molecule has 1 aromatic heterocycles. The van der Waals surface area contributed by atoms with Gasteiger partial charge >= 0.3 is 0 Å². The summed E-state index contributed by atoms with van der Waals surface area (Å²) < 4.78 is 0.